The van der Waals surface area contributed by atoms with Gasteiger partial charge < -0.3 is 24.5 Å². The Morgan fingerprint density at radius 1 is 0.882 bits per heavy atom. The minimum absolute atomic E-state index is 0.166. The Morgan fingerprint density at radius 2 is 1.65 bits per heavy atom. The minimum Gasteiger partial charge on any atom is -0.494 e. The fraction of sp³-hybridized carbons (Fsp3) is 0.0833. The first-order valence-corrected chi connectivity index (χ1v) is 11.0. The molecule has 0 bridgehead atoms. The first-order valence-electron chi connectivity index (χ1n) is 9.89. The van der Waals surface area contributed by atoms with E-state index in [0.29, 0.717) is 22.7 Å². The molecule has 1 aromatic heterocycles. The van der Waals surface area contributed by atoms with E-state index in [2.05, 4.69) is 10.6 Å². The van der Waals surface area contributed by atoms with Crippen LogP contribution >= 0.6 is 34.8 Å². The molecule has 2 N–H and O–H groups in total. The summed E-state index contributed by atoms with van der Waals surface area (Å²) in [6, 6.07) is 16.6. The van der Waals surface area contributed by atoms with E-state index < -0.39 is 11.8 Å². The van der Waals surface area contributed by atoms with E-state index in [9.17, 15) is 9.59 Å². The molecule has 4 aromatic rings. The van der Waals surface area contributed by atoms with Gasteiger partial charge in [-0.15, -0.1) is 0 Å². The predicted octanol–water partition coefficient (Wildman–Crippen LogP) is 6.67. The lowest BCUT2D eigenvalue weighted by atomic mass is 10.2. The summed E-state index contributed by atoms with van der Waals surface area (Å²) in [6.07, 6.45) is 0. The Balaban J connectivity index is 1.40. The molecule has 0 aliphatic heterocycles. The summed E-state index contributed by atoms with van der Waals surface area (Å²) in [5.74, 6) is -0.136. The summed E-state index contributed by atoms with van der Waals surface area (Å²) in [4.78, 5) is 25.0. The van der Waals surface area contributed by atoms with Crippen molar-refractivity contribution >= 4 is 69.0 Å². The number of benzene rings is 3. The SMILES string of the molecule is COc1cc(NC(=O)COc2cc(Cl)c(Cl)cc2Cl)ccc1NC(=O)c1cc2ccccc2o1. The normalized spacial score (nSPS) is 10.7. The number of rotatable bonds is 7. The molecular formula is C24H17Cl3N2O5. The molecule has 0 saturated carbocycles. The Hall–Kier alpha value is -3.39. The van der Waals surface area contributed by atoms with Crippen LogP contribution in [0.3, 0.4) is 0 Å². The van der Waals surface area contributed by atoms with E-state index in [1.807, 2.05) is 18.2 Å². The van der Waals surface area contributed by atoms with Crippen molar-refractivity contribution in [2.45, 2.75) is 0 Å². The zero-order valence-electron chi connectivity index (χ0n) is 17.7. The molecule has 0 radical (unpaired) electrons. The Labute approximate surface area is 209 Å². The van der Waals surface area contributed by atoms with Crippen molar-refractivity contribution in [2.24, 2.45) is 0 Å². The average Bonchev–Trinajstić information content (AvgIpc) is 3.26. The zero-order valence-corrected chi connectivity index (χ0v) is 19.9. The summed E-state index contributed by atoms with van der Waals surface area (Å²) in [6.45, 7) is -0.315. The monoisotopic (exact) mass is 518 g/mol. The molecule has 0 aliphatic rings. The first kappa shape index (κ1) is 23.8. The summed E-state index contributed by atoms with van der Waals surface area (Å²) >= 11 is 17.9. The number of amides is 2. The number of para-hydroxylation sites is 1. The van der Waals surface area contributed by atoms with Crippen molar-refractivity contribution in [3.63, 3.8) is 0 Å². The van der Waals surface area contributed by atoms with Gasteiger partial charge in [0.05, 0.1) is 27.9 Å². The first-order chi connectivity index (χ1) is 16.3. The molecule has 2 amide bonds. The van der Waals surface area contributed by atoms with Crippen molar-refractivity contribution in [2.75, 3.05) is 24.4 Å². The Morgan fingerprint density at radius 3 is 2.41 bits per heavy atom. The number of hydrogen-bond donors (Lipinski definition) is 2. The number of carbonyl (C=O) groups is 2. The fourth-order valence-corrected chi connectivity index (χ4v) is 3.70. The number of anilines is 2. The lowest BCUT2D eigenvalue weighted by Gasteiger charge is -2.13. The van der Waals surface area contributed by atoms with E-state index in [1.165, 1.54) is 19.2 Å². The number of halogens is 3. The number of methoxy groups -OCH3 is 1. The predicted molar refractivity (Wildman–Crippen MR) is 133 cm³/mol. The van der Waals surface area contributed by atoms with Crippen LogP contribution in [-0.4, -0.2) is 25.5 Å². The third kappa shape index (κ3) is 5.39. The van der Waals surface area contributed by atoms with Gasteiger partial charge in [0, 0.05) is 23.2 Å². The summed E-state index contributed by atoms with van der Waals surface area (Å²) in [5, 5.41) is 7.02. The molecule has 0 unspecified atom stereocenters. The van der Waals surface area contributed by atoms with E-state index in [1.54, 1.807) is 30.3 Å². The van der Waals surface area contributed by atoms with Crippen molar-refractivity contribution in [1.29, 1.82) is 0 Å². The molecule has 1 heterocycles. The summed E-state index contributed by atoms with van der Waals surface area (Å²) in [7, 11) is 1.45. The highest BCUT2D eigenvalue weighted by molar-refractivity contribution is 6.43. The Kier molecular flexibility index (Phi) is 7.17. The number of furan rings is 1. The number of hydrogen-bond acceptors (Lipinski definition) is 5. The molecule has 4 rings (SSSR count). The highest BCUT2D eigenvalue weighted by atomic mass is 35.5. The van der Waals surface area contributed by atoms with E-state index >= 15 is 0 Å². The van der Waals surface area contributed by atoms with Gasteiger partial charge in [0.25, 0.3) is 11.8 Å². The maximum Gasteiger partial charge on any atom is 0.291 e. The fourth-order valence-electron chi connectivity index (χ4n) is 3.11. The van der Waals surface area contributed by atoms with Gasteiger partial charge >= 0.3 is 0 Å². The lowest BCUT2D eigenvalue weighted by Crippen LogP contribution is -2.20. The quantitative estimate of drug-likeness (QED) is 0.266. The molecule has 0 atom stereocenters. The van der Waals surface area contributed by atoms with Crippen LogP contribution in [-0.2, 0) is 4.79 Å². The summed E-state index contributed by atoms with van der Waals surface area (Å²) < 4.78 is 16.4. The van der Waals surface area contributed by atoms with Crippen molar-refractivity contribution in [1.82, 2.24) is 0 Å². The van der Waals surface area contributed by atoms with Crippen LogP contribution in [0.1, 0.15) is 10.6 Å². The standard InChI is InChI=1S/C24H17Cl3N2O5/c1-32-21-9-14(28-23(30)12-33-20-11-16(26)15(25)10-17(20)27)6-7-18(21)29-24(31)22-8-13-4-2-3-5-19(13)34-22/h2-11H,12H2,1H3,(H,28,30)(H,29,31). The Bertz CT molecular complexity index is 1350. The molecule has 7 nitrogen and oxygen atoms in total. The van der Waals surface area contributed by atoms with Gasteiger partial charge in [-0.05, 0) is 30.3 Å². The van der Waals surface area contributed by atoms with Gasteiger partial charge in [0.1, 0.15) is 17.1 Å². The maximum atomic E-state index is 12.6. The third-order valence-electron chi connectivity index (χ3n) is 4.72. The van der Waals surface area contributed by atoms with Crippen molar-refractivity contribution in [3.8, 4) is 11.5 Å². The number of carbonyl (C=O) groups excluding carboxylic acids is 2. The lowest BCUT2D eigenvalue weighted by molar-refractivity contribution is -0.118. The van der Waals surface area contributed by atoms with Crippen LogP contribution in [0.2, 0.25) is 15.1 Å². The highest BCUT2D eigenvalue weighted by Gasteiger charge is 2.16. The largest absolute Gasteiger partial charge is 0.494 e. The molecule has 0 fully saturated rings. The van der Waals surface area contributed by atoms with Crippen LogP contribution in [0.5, 0.6) is 11.5 Å². The van der Waals surface area contributed by atoms with Crippen molar-refractivity contribution < 1.29 is 23.5 Å². The van der Waals surface area contributed by atoms with Gasteiger partial charge in [-0.1, -0.05) is 53.0 Å². The second-order valence-corrected chi connectivity index (χ2v) is 8.27. The molecule has 34 heavy (non-hydrogen) atoms. The molecule has 0 spiro atoms. The second-order valence-electron chi connectivity index (χ2n) is 7.05. The molecule has 3 aromatic carbocycles. The summed E-state index contributed by atoms with van der Waals surface area (Å²) in [5.41, 5.74) is 1.46. The van der Waals surface area contributed by atoms with Crippen LogP contribution in [0, 0.1) is 0 Å². The van der Waals surface area contributed by atoms with Gasteiger partial charge in [0.15, 0.2) is 12.4 Å². The van der Waals surface area contributed by atoms with Crippen LogP contribution < -0.4 is 20.1 Å². The minimum atomic E-state index is -0.441. The van der Waals surface area contributed by atoms with E-state index in [-0.39, 0.29) is 33.2 Å². The highest BCUT2D eigenvalue weighted by Crippen LogP contribution is 2.34. The van der Waals surface area contributed by atoms with Crippen LogP contribution in [0.15, 0.2) is 65.1 Å². The van der Waals surface area contributed by atoms with Gasteiger partial charge in [-0.25, -0.2) is 0 Å². The average molecular weight is 520 g/mol. The van der Waals surface area contributed by atoms with E-state index in [4.69, 9.17) is 48.7 Å². The number of ether oxygens (including phenoxy) is 2. The zero-order chi connectivity index (χ0) is 24.2. The third-order valence-corrected chi connectivity index (χ3v) is 5.73. The van der Waals surface area contributed by atoms with Gasteiger partial charge in [-0.3, -0.25) is 9.59 Å². The molecular weight excluding hydrogens is 503 g/mol. The molecule has 10 heteroatoms. The molecule has 0 saturated heterocycles. The van der Waals surface area contributed by atoms with Crippen LogP contribution in [0.4, 0.5) is 11.4 Å². The maximum absolute atomic E-state index is 12.6. The second kappa shape index (κ2) is 10.3. The number of nitrogens with one attached hydrogen (secondary N) is 2. The topological polar surface area (TPSA) is 89.8 Å². The van der Waals surface area contributed by atoms with Crippen molar-refractivity contribution in [3.05, 3.63) is 81.5 Å². The van der Waals surface area contributed by atoms with Gasteiger partial charge in [-0.2, -0.15) is 0 Å². The smallest absolute Gasteiger partial charge is 0.291 e. The molecule has 174 valence electrons. The van der Waals surface area contributed by atoms with E-state index in [0.717, 1.165) is 5.39 Å². The van der Waals surface area contributed by atoms with Gasteiger partial charge in [0.2, 0.25) is 0 Å². The number of fused-ring (bicyclic) bond motifs is 1. The molecule has 0 aliphatic carbocycles. The van der Waals surface area contributed by atoms with Crippen LogP contribution in [0.25, 0.3) is 11.0 Å².